The molecule has 2 aliphatic carbocycles. The van der Waals surface area contributed by atoms with Crippen molar-refractivity contribution in [3.8, 4) is 22.3 Å². The number of aliphatic hydroxyl groups excluding tert-OH is 4. The zero-order chi connectivity index (χ0) is 44.0. The maximum atomic E-state index is 12.3. The van der Waals surface area contributed by atoms with Gasteiger partial charge in [-0.25, -0.2) is 14.4 Å². The number of carbonyl (C=O) groups is 4. The maximum Gasteiger partial charge on any atom is 0.407 e. The van der Waals surface area contributed by atoms with Gasteiger partial charge >= 0.3 is 18.2 Å². The summed E-state index contributed by atoms with van der Waals surface area (Å²) in [7, 11) is 0. The number of benzene rings is 4. The molecule has 4 aromatic carbocycles. The van der Waals surface area contributed by atoms with Gasteiger partial charge in [0.25, 0.3) is 0 Å². The van der Waals surface area contributed by atoms with Crippen LogP contribution in [-0.4, -0.2) is 114 Å². The Morgan fingerprint density at radius 2 is 0.918 bits per heavy atom. The fourth-order valence-electron chi connectivity index (χ4n) is 7.13. The van der Waals surface area contributed by atoms with Crippen molar-refractivity contribution in [2.45, 2.75) is 62.4 Å². The van der Waals surface area contributed by atoms with Crippen LogP contribution < -0.4 is 21.7 Å². The van der Waals surface area contributed by atoms with E-state index in [4.69, 9.17) is 35.6 Å². The summed E-state index contributed by atoms with van der Waals surface area (Å²) >= 11 is 0. The molecule has 4 aromatic rings. The SMILES string of the molecule is NCCCCCO.O=C(NC(CO)C(=O)NCCCCCO)OCC1c2ccccc2-c2ccccc21.O=C(NC(CO)C(=O)O)OCC1c2ccccc2-c2ccccc21. The monoisotopic (exact) mass is 842 g/mol. The number of carbonyl (C=O) groups excluding carboxylic acids is 3. The Morgan fingerprint density at radius 1 is 0.541 bits per heavy atom. The van der Waals surface area contributed by atoms with Crippen molar-refractivity contribution in [1.82, 2.24) is 16.0 Å². The molecule has 6 rings (SSSR count). The molecule has 2 atom stereocenters. The highest BCUT2D eigenvalue weighted by Gasteiger charge is 2.31. The molecule has 2 aliphatic rings. The van der Waals surface area contributed by atoms with Crippen molar-refractivity contribution in [1.29, 1.82) is 0 Å². The van der Waals surface area contributed by atoms with Crippen molar-refractivity contribution in [3.63, 3.8) is 0 Å². The summed E-state index contributed by atoms with van der Waals surface area (Å²) < 4.78 is 10.6. The topological polar surface area (TPSA) is 250 Å². The highest BCUT2D eigenvalue weighted by molar-refractivity contribution is 5.86. The number of hydrogen-bond donors (Lipinski definition) is 9. The molecule has 15 nitrogen and oxygen atoms in total. The van der Waals surface area contributed by atoms with Crippen LogP contribution in [0.1, 0.15) is 72.6 Å². The molecule has 0 aromatic heterocycles. The molecular weight excluding hydrogens is 785 g/mol. The first-order valence-corrected chi connectivity index (χ1v) is 20.6. The van der Waals surface area contributed by atoms with Gasteiger partial charge in [0.05, 0.1) is 13.2 Å². The zero-order valence-corrected chi connectivity index (χ0v) is 34.2. The van der Waals surface area contributed by atoms with E-state index in [1.807, 2.05) is 84.9 Å². The van der Waals surface area contributed by atoms with Gasteiger partial charge < -0.3 is 56.7 Å². The van der Waals surface area contributed by atoms with E-state index < -0.39 is 49.4 Å². The largest absolute Gasteiger partial charge is 0.480 e. The third-order valence-corrected chi connectivity index (χ3v) is 10.2. The number of unbranched alkanes of at least 4 members (excludes halogenated alkanes) is 4. The standard InChI is InChI=1S/C23H28N2O5.C18H17NO5.C5H13NO/c26-13-7-1-6-12-24-22(28)21(14-27)25-23(29)30-15-20-18-10-4-2-8-16(18)17-9-3-5-11-19(17)20;20-9-16(17(21)22)19-18(23)24-10-15-13-7-3-1-5-11(13)12-6-2-4-8-14(12)15;6-4-2-1-3-5-7/h2-5,8-11,20-21,26-27H,1,6-7,12-15H2,(H,24,28)(H,25,29);1-8,15-16,20H,9-10H2,(H,19,23)(H,21,22);7H,1-6H2. The molecule has 328 valence electrons. The summed E-state index contributed by atoms with van der Waals surface area (Å²) in [6.07, 6.45) is 3.59. The van der Waals surface area contributed by atoms with Crippen molar-refractivity contribution in [3.05, 3.63) is 119 Å². The molecule has 61 heavy (non-hydrogen) atoms. The lowest BCUT2D eigenvalue weighted by Gasteiger charge is -2.18. The summed E-state index contributed by atoms with van der Waals surface area (Å²) in [5.41, 5.74) is 14.0. The predicted octanol–water partition coefficient (Wildman–Crippen LogP) is 4.24. The first-order chi connectivity index (χ1) is 29.7. The predicted molar refractivity (Wildman–Crippen MR) is 230 cm³/mol. The van der Waals surface area contributed by atoms with Crippen molar-refractivity contribution < 1.29 is 54.2 Å². The van der Waals surface area contributed by atoms with Gasteiger partial charge in [-0.2, -0.15) is 0 Å². The number of hydrogen-bond acceptors (Lipinski definition) is 11. The van der Waals surface area contributed by atoms with Gasteiger partial charge in [0.2, 0.25) is 5.91 Å². The lowest BCUT2D eigenvalue weighted by molar-refractivity contribution is -0.140. The quantitative estimate of drug-likeness (QED) is 0.0602. The van der Waals surface area contributed by atoms with Gasteiger partial charge in [-0.3, -0.25) is 4.79 Å². The third kappa shape index (κ3) is 13.8. The van der Waals surface area contributed by atoms with Gasteiger partial charge in [-0.1, -0.05) is 97.1 Å². The Balaban J connectivity index is 0.000000236. The van der Waals surface area contributed by atoms with Crippen LogP contribution in [0.15, 0.2) is 97.1 Å². The van der Waals surface area contributed by atoms with Crippen LogP contribution in [0.5, 0.6) is 0 Å². The molecule has 0 bridgehead atoms. The molecule has 0 aliphatic heterocycles. The number of aliphatic carboxylic acids is 1. The van der Waals surface area contributed by atoms with Crippen molar-refractivity contribution in [2.75, 3.05) is 52.7 Å². The highest BCUT2D eigenvalue weighted by atomic mass is 16.6. The van der Waals surface area contributed by atoms with Crippen molar-refractivity contribution >= 4 is 24.1 Å². The Bertz CT molecular complexity index is 1920. The van der Waals surface area contributed by atoms with E-state index in [1.54, 1.807) is 0 Å². The first-order valence-electron chi connectivity index (χ1n) is 20.6. The molecule has 0 saturated heterocycles. The number of fused-ring (bicyclic) bond motifs is 6. The Morgan fingerprint density at radius 3 is 1.28 bits per heavy atom. The second-order valence-corrected chi connectivity index (χ2v) is 14.4. The molecule has 0 heterocycles. The second kappa shape index (κ2) is 25.7. The van der Waals surface area contributed by atoms with E-state index in [0.717, 1.165) is 83.2 Å². The number of ether oxygens (including phenoxy) is 2. The minimum Gasteiger partial charge on any atom is -0.480 e. The normalized spacial score (nSPS) is 13.0. The summed E-state index contributed by atoms with van der Waals surface area (Å²) in [6, 6.07) is 29.5. The number of amides is 3. The summed E-state index contributed by atoms with van der Waals surface area (Å²) in [6.45, 7) is 0.614. The molecule has 0 radical (unpaired) electrons. The van der Waals surface area contributed by atoms with Gasteiger partial charge in [-0.05, 0) is 89.6 Å². The van der Waals surface area contributed by atoms with Crippen LogP contribution >= 0.6 is 0 Å². The maximum absolute atomic E-state index is 12.3. The molecule has 10 N–H and O–H groups in total. The van der Waals surface area contributed by atoms with Gasteiger partial charge in [-0.15, -0.1) is 0 Å². The molecule has 0 saturated carbocycles. The Kier molecular flexibility index (Phi) is 20.2. The van der Waals surface area contributed by atoms with Crippen LogP contribution in [0.3, 0.4) is 0 Å². The van der Waals surface area contributed by atoms with E-state index in [9.17, 15) is 24.3 Å². The Labute approximate surface area is 355 Å². The highest BCUT2D eigenvalue weighted by Crippen LogP contribution is 2.45. The summed E-state index contributed by atoms with van der Waals surface area (Å²) in [4.78, 5) is 47.0. The van der Waals surface area contributed by atoms with E-state index >= 15 is 0 Å². The number of alkyl carbamates (subject to hydrolysis) is 2. The molecule has 0 spiro atoms. The number of rotatable bonds is 19. The Hall–Kier alpha value is -5.84. The van der Waals surface area contributed by atoms with Gasteiger partial charge in [0.1, 0.15) is 19.3 Å². The lowest BCUT2D eigenvalue weighted by Crippen LogP contribution is -2.49. The average Bonchev–Trinajstić information content (AvgIpc) is 3.78. The fraction of sp³-hybridized carbons (Fsp3) is 0.391. The molecule has 15 heteroatoms. The third-order valence-electron chi connectivity index (χ3n) is 10.2. The smallest absolute Gasteiger partial charge is 0.407 e. The van der Waals surface area contributed by atoms with E-state index in [-0.39, 0.29) is 31.7 Å². The van der Waals surface area contributed by atoms with Gasteiger partial charge in [0, 0.05) is 31.6 Å². The molecule has 3 amide bonds. The minimum atomic E-state index is -1.37. The van der Waals surface area contributed by atoms with E-state index in [1.165, 1.54) is 0 Å². The van der Waals surface area contributed by atoms with Crippen LogP contribution in [0.2, 0.25) is 0 Å². The first kappa shape index (κ1) is 47.8. The van der Waals surface area contributed by atoms with Gasteiger partial charge in [0.15, 0.2) is 6.04 Å². The minimum absolute atomic E-state index is 0.0731. The fourth-order valence-corrected chi connectivity index (χ4v) is 7.13. The second-order valence-electron chi connectivity index (χ2n) is 14.4. The summed E-state index contributed by atoms with van der Waals surface area (Å²) in [5.74, 6) is -1.95. The number of carboxylic acids is 1. The number of carboxylic acid groups (broad SMARTS) is 1. The van der Waals surface area contributed by atoms with Crippen LogP contribution in [0, 0.1) is 0 Å². The number of nitrogens with two attached hydrogens (primary N) is 1. The molecular formula is C46H58N4O11. The average molecular weight is 843 g/mol. The number of aliphatic hydroxyl groups is 4. The van der Waals surface area contributed by atoms with Crippen LogP contribution in [-0.2, 0) is 19.1 Å². The summed E-state index contributed by atoms with van der Waals surface area (Å²) in [5, 5.41) is 51.5. The lowest BCUT2D eigenvalue weighted by atomic mass is 9.98. The van der Waals surface area contributed by atoms with E-state index in [2.05, 4.69) is 28.1 Å². The molecule has 2 unspecified atom stereocenters. The zero-order valence-electron chi connectivity index (χ0n) is 34.2. The molecule has 0 fully saturated rings. The van der Waals surface area contributed by atoms with Crippen LogP contribution in [0.25, 0.3) is 22.3 Å². The van der Waals surface area contributed by atoms with Crippen molar-refractivity contribution in [2.24, 2.45) is 5.73 Å². The van der Waals surface area contributed by atoms with Crippen LogP contribution in [0.4, 0.5) is 9.59 Å². The number of nitrogens with one attached hydrogen (secondary N) is 3. The van der Waals surface area contributed by atoms with E-state index in [0.29, 0.717) is 19.6 Å².